The van der Waals surface area contributed by atoms with E-state index in [0.29, 0.717) is 28.9 Å². The molecule has 0 aromatic heterocycles. The van der Waals surface area contributed by atoms with Crippen LogP contribution in [0.1, 0.15) is 66.2 Å². The maximum atomic E-state index is 13.3. The van der Waals surface area contributed by atoms with E-state index in [1.807, 2.05) is 49.3 Å². The number of anilines is 1. The average Bonchev–Trinajstić information content (AvgIpc) is 2.90. The Labute approximate surface area is 241 Å². The summed E-state index contributed by atoms with van der Waals surface area (Å²) in [6.45, 7) is 3.20. The summed E-state index contributed by atoms with van der Waals surface area (Å²) in [5, 5.41) is 1.62. The molecule has 4 rings (SSSR count). The second-order valence-electron chi connectivity index (χ2n) is 9.69. The summed E-state index contributed by atoms with van der Waals surface area (Å²) in [5.41, 5.74) is 2.05. The zero-order valence-electron chi connectivity index (χ0n) is 22.2. The number of ether oxygens (including phenoxy) is 2. The molecule has 0 aliphatic carbocycles. The molecule has 2 amide bonds. The first-order chi connectivity index (χ1) is 18.3. The number of hydrogen-bond donors (Lipinski definition) is 0. The maximum absolute atomic E-state index is 13.3. The number of carbonyl (C=O) groups is 2. The van der Waals surface area contributed by atoms with Crippen molar-refractivity contribution in [1.82, 2.24) is 4.90 Å². The molecule has 1 aliphatic heterocycles. The first-order valence-corrected chi connectivity index (χ1v) is 14.8. The van der Waals surface area contributed by atoms with Crippen molar-refractivity contribution in [3.8, 4) is 11.5 Å². The van der Waals surface area contributed by atoms with Crippen LogP contribution in [-0.2, 0) is 0 Å². The molecule has 0 saturated heterocycles. The molecule has 202 valence electrons. The molecule has 0 unspecified atom stereocenters. The molecule has 0 bridgehead atoms. The molecule has 3 aromatic carbocycles. The SMILES string of the molecule is CCCCCCCCOc1cc(Br)c(OCCN2C(=O)c3cccc4c(N(C)C)ccc(c34)C2=O)cc1Br. The molecule has 1 heterocycles. The van der Waals surface area contributed by atoms with E-state index >= 15 is 0 Å². The normalized spacial score (nSPS) is 12.8. The van der Waals surface area contributed by atoms with Gasteiger partial charge in [-0.25, -0.2) is 0 Å². The Morgan fingerprint density at radius 3 is 2.05 bits per heavy atom. The van der Waals surface area contributed by atoms with Gasteiger partial charge in [0.05, 0.1) is 22.1 Å². The van der Waals surface area contributed by atoms with Crippen LogP contribution in [0.2, 0.25) is 0 Å². The van der Waals surface area contributed by atoms with Crippen molar-refractivity contribution >= 4 is 60.1 Å². The minimum Gasteiger partial charge on any atom is -0.492 e. The Hall–Kier alpha value is -2.58. The Balaban J connectivity index is 1.38. The van der Waals surface area contributed by atoms with Crippen LogP contribution in [-0.4, -0.2) is 50.6 Å². The third-order valence-electron chi connectivity index (χ3n) is 6.76. The number of benzene rings is 3. The zero-order chi connectivity index (χ0) is 27.2. The summed E-state index contributed by atoms with van der Waals surface area (Å²) in [5.74, 6) is 0.761. The lowest BCUT2D eigenvalue weighted by molar-refractivity contribution is 0.0587. The van der Waals surface area contributed by atoms with Crippen molar-refractivity contribution in [2.24, 2.45) is 0 Å². The summed E-state index contributed by atoms with van der Waals surface area (Å²) in [7, 11) is 3.90. The van der Waals surface area contributed by atoms with Crippen LogP contribution in [0, 0.1) is 0 Å². The van der Waals surface area contributed by atoms with Crippen molar-refractivity contribution < 1.29 is 19.1 Å². The minimum atomic E-state index is -0.300. The van der Waals surface area contributed by atoms with Crippen LogP contribution in [0.5, 0.6) is 11.5 Å². The van der Waals surface area contributed by atoms with E-state index in [9.17, 15) is 9.59 Å². The Bertz CT molecular complexity index is 1300. The lowest BCUT2D eigenvalue weighted by atomic mass is 9.93. The molecule has 38 heavy (non-hydrogen) atoms. The highest BCUT2D eigenvalue weighted by Crippen LogP contribution is 2.37. The van der Waals surface area contributed by atoms with Gasteiger partial charge in [0, 0.05) is 41.7 Å². The number of nitrogens with zero attached hydrogens (tertiary/aromatic N) is 2. The van der Waals surface area contributed by atoms with Gasteiger partial charge < -0.3 is 14.4 Å². The number of imide groups is 1. The summed E-state index contributed by atoms with van der Waals surface area (Å²) in [4.78, 5) is 29.9. The van der Waals surface area contributed by atoms with Gasteiger partial charge in [-0.2, -0.15) is 0 Å². The van der Waals surface area contributed by atoms with Gasteiger partial charge in [-0.15, -0.1) is 0 Å². The van der Waals surface area contributed by atoms with Gasteiger partial charge in [0.1, 0.15) is 18.1 Å². The average molecular weight is 646 g/mol. The van der Waals surface area contributed by atoms with E-state index in [4.69, 9.17) is 9.47 Å². The first kappa shape index (κ1) is 28.4. The van der Waals surface area contributed by atoms with Gasteiger partial charge in [-0.05, 0) is 68.6 Å². The summed E-state index contributed by atoms with van der Waals surface area (Å²) >= 11 is 7.14. The quantitative estimate of drug-likeness (QED) is 0.140. The second-order valence-corrected chi connectivity index (χ2v) is 11.4. The fourth-order valence-corrected chi connectivity index (χ4v) is 5.64. The van der Waals surface area contributed by atoms with Crippen LogP contribution in [0.4, 0.5) is 5.69 Å². The van der Waals surface area contributed by atoms with Crippen LogP contribution in [0.25, 0.3) is 10.8 Å². The maximum Gasteiger partial charge on any atom is 0.261 e. The van der Waals surface area contributed by atoms with Crippen molar-refractivity contribution in [3.05, 3.63) is 62.5 Å². The van der Waals surface area contributed by atoms with Gasteiger partial charge in [-0.3, -0.25) is 14.5 Å². The summed E-state index contributed by atoms with van der Waals surface area (Å²) in [6, 6.07) is 13.1. The van der Waals surface area contributed by atoms with Gasteiger partial charge in [0.2, 0.25) is 0 Å². The molecule has 1 aliphatic rings. The van der Waals surface area contributed by atoms with Crippen LogP contribution in [0.3, 0.4) is 0 Å². The molecule has 0 radical (unpaired) electrons. The lowest BCUT2D eigenvalue weighted by Crippen LogP contribution is -2.42. The third kappa shape index (κ3) is 6.18. The highest BCUT2D eigenvalue weighted by Gasteiger charge is 2.33. The molecular weight excluding hydrogens is 612 g/mol. The van der Waals surface area contributed by atoms with Gasteiger partial charge in [-0.1, -0.05) is 51.2 Å². The van der Waals surface area contributed by atoms with Gasteiger partial charge in [0.15, 0.2) is 0 Å². The fourth-order valence-electron chi connectivity index (χ4n) is 4.77. The van der Waals surface area contributed by atoms with Gasteiger partial charge in [0.25, 0.3) is 11.8 Å². The predicted molar refractivity (Wildman–Crippen MR) is 160 cm³/mol. The van der Waals surface area contributed by atoms with E-state index in [1.54, 1.807) is 12.1 Å². The topological polar surface area (TPSA) is 59.1 Å². The van der Waals surface area contributed by atoms with E-state index in [-0.39, 0.29) is 25.0 Å². The number of rotatable bonds is 13. The number of carbonyl (C=O) groups excluding carboxylic acids is 2. The standard InChI is InChI=1S/C30H34Br2N2O4/c1-4-5-6-7-8-9-16-37-26-18-24(32)27(19-23(26)31)38-17-15-34-29(35)21-12-10-11-20-25(33(2)3)14-13-22(28(20)21)30(34)36/h10-14,18-19H,4-9,15-17H2,1-3H3. The molecular formula is C30H34Br2N2O4. The lowest BCUT2D eigenvalue weighted by Gasteiger charge is -2.28. The number of halogens is 2. The van der Waals surface area contributed by atoms with Crippen LogP contribution < -0.4 is 14.4 Å². The van der Waals surface area contributed by atoms with E-state index < -0.39 is 0 Å². The highest BCUT2D eigenvalue weighted by molar-refractivity contribution is 9.11. The smallest absolute Gasteiger partial charge is 0.261 e. The molecule has 6 nitrogen and oxygen atoms in total. The van der Waals surface area contributed by atoms with E-state index in [0.717, 1.165) is 32.2 Å². The molecule has 8 heteroatoms. The van der Waals surface area contributed by atoms with Crippen molar-refractivity contribution in [2.45, 2.75) is 45.4 Å². The molecule has 3 aromatic rings. The van der Waals surface area contributed by atoms with E-state index in [2.05, 4.69) is 38.8 Å². The Morgan fingerprint density at radius 1 is 0.789 bits per heavy atom. The highest BCUT2D eigenvalue weighted by atomic mass is 79.9. The van der Waals surface area contributed by atoms with Crippen molar-refractivity contribution in [1.29, 1.82) is 0 Å². The Kier molecular flexibility index (Phi) is 9.71. The molecule has 0 N–H and O–H groups in total. The van der Waals surface area contributed by atoms with Gasteiger partial charge >= 0.3 is 0 Å². The number of unbranched alkanes of at least 4 members (excludes halogenated alkanes) is 5. The largest absolute Gasteiger partial charge is 0.492 e. The molecule has 0 saturated carbocycles. The number of amides is 2. The zero-order valence-corrected chi connectivity index (χ0v) is 25.4. The minimum absolute atomic E-state index is 0.142. The number of hydrogen-bond acceptors (Lipinski definition) is 5. The molecule has 0 fully saturated rings. The monoisotopic (exact) mass is 644 g/mol. The molecule has 0 spiro atoms. The molecule has 0 atom stereocenters. The predicted octanol–water partition coefficient (Wildman–Crippen LogP) is 7.85. The Morgan fingerprint density at radius 2 is 1.39 bits per heavy atom. The summed E-state index contributed by atoms with van der Waals surface area (Å²) < 4.78 is 13.5. The van der Waals surface area contributed by atoms with Crippen LogP contribution in [0.15, 0.2) is 51.4 Å². The third-order valence-corrected chi connectivity index (χ3v) is 8.00. The fraction of sp³-hybridized carbons (Fsp3) is 0.400. The van der Waals surface area contributed by atoms with Crippen molar-refractivity contribution in [3.63, 3.8) is 0 Å². The van der Waals surface area contributed by atoms with E-state index in [1.165, 1.54) is 37.0 Å². The van der Waals surface area contributed by atoms with Crippen molar-refractivity contribution in [2.75, 3.05) is 38.8 Å². The summed E-state index contributed by atoms with van der Waals surface area (Å²) in [6.07, 6.45) is 7.27. The van der Waals surface area contributed by atoms with Crippen LogP contribution >= 0.6 is 31.9 Å². The first-order valence-electron chi connectivity index (χ1n) is 13.2. The second kappa shape index (κ2) is 13.0.